The highest BCUT2D eigenvalue weighted by molar-refractivity contribution is 7.71. The quantitative estimate of drug-likeness (QED) is 0.830. The normalized spacial score (nSPS) is 10.7. The molecule has 0 bridgehead atoms. The third-order valence-electron chi connectivity index (χ3n) is 2.82. The van der Waals surface area contributed by atoms with Crippen molar-refractivity contribution in [2.45, 2.75) is 13.5 Å². The van der Waals surface area contributed by atoms with Crippen LogP contribution in [-0.4, -0.2) is 34.0 Å². The van der Waals surface area contributed by atoms with Gasteiger partial charge in [0.25, 0.3) is 0 Å². The van der Waals surface area contributed by atoms with Crippen molar-refractivity contribution in [2.24, 2.45) is 0 Å². The second-order valence-corrected chi connectivity index (χ2v) is 4.69. The molecule has 96 valence electrons. The van der Waals surface area contributed by atoms with Crippen molar-refractivity contribution < 1.29 is 5.11 Å². The van der Waals surface area contributed by atoms with Crippen molar-refractivity contribution in [3.63, 3.8) is 0 Å². The fourth-order valence-electron chi connectivity index (χ4n) is 1.92. The van der Waals surface area contributed by atoms with Gasteiger partial charge < -0.3 is 10.0 Å². The number of aliphatic hydroxyl groups is 1. The summed E-state index contributed by atoms with van der Waals surface area (Å²) in [6.07, 6.45) is 0. The predicted octanol–water partition coefficient (Wildman–Crippen LogP) is 1.80. The van der Waals surface area contributed by atoms with E-state index in [0.717, 1.165) is 11.4 Å². The fourth-order valence-corrected chi connectivity index (χ4v) is 2.18. The van der Waals surface area contributed by atoms with E-state index in [0.29, 0.717) is 10.6 Å². The smallest absolute Gasteiger partial charge is 0.199 e. The average molecular weight is 264 g/mol. The lowest BCUT2D eigenvalue weighted by molar-refractivity contribution is 0.269. The van der Waals surface area contributed by atoms with E-state index in [-0.39, 0.29) is 6.61 Å². The van der Waals surface area contributed by atoms with Crippen molar-refractivity contribution in [2.75, 3.05) is 19.0 Å². The van der Waals surface area contributed by atoms with Crippen molar-refractivity contribution >= 4 is 17.9 Å². The highest BCUT2D eigenvalue weighted by Gasteiger charge is 2.09. The first kappa shape index (κ1) is 12.8. The molecular weight excluding hydrogens is 248 g/mol. The molecule has 5 nitrogen and oxygen atoms in total. The van der Waals surface area contributed by atoms with Gasteiger partial charge in [0.15, 0.2) is 10.6 Å². The van der Waals surface area contributed by atoms with Gasteiger partial charge in [-0.1, -0.05) is 6.07 Å². The molecule has 0 radical (unpaired) electrons. The molecule has 0 aliphatic carbocycles. The third kappa shape index (κ3) is 2.16. The Morgan fingerprint density at radius 1 is 1.44 bits per heavy atom. The molecule has 0 unspecified atom stereocenters. The van der Waals surface area contributed by atoms with Crippen LogP contribution in [0, 0.1) is 11.7 Å². The maximum atomic E-state index is 9.27. The Balaban J connectivity index is 2.61. The predicted molar refractivity (Wildman–Crippen MR) is 73.7 cm³/mol. The van der Waals surface area contributed by atoms with Crippen LogP contribution in [-0.2, 0) is 6.61 Å². The van der Waals surface area contributed by atoms with Crippen molar-refractivity contribution in [1.29, 1.82) is 0 Å². The van der Waals surface area contributed by atoms with Crippen LogP contribution in [0.1, 0.15) is 11.4 Å². The van der Waals surface area contributed by atoms with E-state index in [2.05, 4.69) is 17.1 Å². The van der Waals surface area contributed by atoms with Crippen LogP contribution in [0.2, 0.25) is 0 Å². The zero-order chi connectivity index (χ0) is 13.3. The van der Waals surface area contributed by atoms with Crippen LogP contribution in [0.15, 0.2) is 18.2 Å². The second-order valence-electron chi connectivity index (χ2n) is 4.30. The summed E-state index contributed by atoms with van der Waals surface area (Å²) < 4.78 is 2.22. The number of aromatic amines is 1. The van der Waals surface area contributed by atoms with E-state index in [9.17, 15) is 5.11 Å². The molecule has 18 heavy (non-hydrogen) atoms. The average Bonchev–Trinajstić information content (AvgIpc) is 2.71. The number of aryl methyl sites for hydroxylation is 1. The van der Waals surface area contributed by atoms with Gasteiger partial charge in [-0.3, -0.25) is 9.67 Å². The van der Waals surface area contributed by atoms with E-state index < -0.39 is 0 Å². The van der Waals surface area contributed by atoms with Gasteiger partial charge in [0.1, 0.15) is 6.61 Å². The molecule has 0 fully saturated rings. The molecule has 6 heteroatoms. The van der Waals surface area contributed by atoms with Gasteiger partial charge in [0.2, 0.25) is 0 Å². The Morgan fingerprint density at radius 2 is 2.17 bits per heavy atom. The largest absolute Gasteiger partial charge is 0.388 e. The fraction of sp³-hybridized carbons (Fsp3) is 0.333. The summed E-state index contributed by atoms with van der Waals surface area (Å²) >= 11 is 5.18. The van der Waals surface area contributed by atoms with Gasteiger partial charge in [0, 0.05) is 19.8 Å². The van der Waals surface area contributed by atoms with Crippen LogP contribution in [0.25, 0.3) is 5.69 Å². The van der Waals surface area contributed by atoms with Crippen LogP contribution in [0.4, 0.5) is 5.69 Å². The molecular formula is C12H16N4OS. The molecule has 0 saturated heterocycles. The SMILES string of the molecule is Cc1ccc(-n2c(CO)n[nH]c2=S)cc1N(C)C. The molecule has 1 aromatic heterocycles. The molecule has 2 N–H and O–H groups in total. The minimum atomic E-state index is -0.154. The molecule has 1 aromatic carbocycles. The van der Waals surface area contributed by atoms with Crippen molar-refractivity contribution in [3.05, 3.63) is 34.4 Å². The summed E-state index contributed by atoms with van der Waals surface area (Å²) in [7, 11) is 3.99. The maximum Gasteiger partial charge on any atom is 0.199 e. The maximum absolute atomic E-state index is 9.27. The van der Waals surface area contributed by atoms with E-state index in [4.69, 9.17) is 12.2 Å². The van der Waals surface area contributed by atoms with Crippen molar-refractivity contribution in [3.8, 4) is 5.69 Å². The summed E-state index contributed by atoms with van der Waals surface area (Å²) in [6.45, 7) is 1.90. The topological polar surface area (TPSA) is 57.1 Å². The van der Waals surface area contributed by atoms with E-state index in [1.54, 1.807) is 4.57 Å². The minimum Gasteiger partial charge on any atom is -0.388 e. The number of aromatic nitrogens is 3. The second kappa shape index (κ2) is 4.91. The zero-order valence-corrected chi connectivity index (χ0v) is 11.5. The van der Waals surface area contributed by atoms with Crippen molar-refractivity contribution in [1.82, 2.24) is 14.8 Å². The number of hydrogen-bond acceptors (Lipinski definition) is 4. The lowest BCUT2D eigenvalue weighted by atomic mass is 10.1. The highest BCUT2D eigenvalue weighted by atomic mass is 32.1. The number of rotatable bonds is 3. The van der Waals surface area contributed by atoms with E-state index in [1.165, 1.54) is 5.56 Å². The van der Waals surface area contributed by atoms with Gasteiger partial charge in [-0.15, -0.1) is 0 Å². The van der Waals surface area contributed by atoms with E-state index in [1.807, 2.05) is 37.2 Å². The first-order chi connectivity index (χ1) is 8.54. The standard InChI is InChI=1S/C12H16N4OS/c1-8-4-5-9(6-10(8)15(2)3)16-11(7-17)13-14-12(16)18/h4-6,17H,7H2,1-3H3,(H,14,18). The number of anilines is 1. The minimum absolute atomic E-state index is 0.154. The first-order valence-corrected chi connectivity index (χ1v) is 6.01. The van der Waals surface area contributed by atoms with Gasteiger partial charge >= 0.3 is 0 Å². The number of nitrogens with zero attached hydrogens (tertiary/aromatic N) is 3. The lowest BCUT2D eigenvalue weighted by Crippen LogP contribution is -2.11. The molecule has 1 heterocycles. The number of benzene rings is 1. The Bertz CT molecular complexity index is 615. The summed E-state index contributed by atoms with van der Waals surface area (Å²) in [6, 6.07) is 6.02. The Hall–Kier alpha value is -1.66. The Morgan fingerprint density at radius 3 is 2.78 bits per heavy atom. The lowest BCUT2D eigenvalue weighted by Gasteiger charge is -2.17. The third-order valence-corrected chi connectivity index (χ3v) is 3.09. The number of H-pyrrole nitrogens is 1. The van der Waals surface area contributed by atoms with Gasteiger partial charge in [0.05, 0.1) is 5.69 Å². The first-order valence-electron chi connectivity index (χ1n) is 5.60. The Labute approximate surface area is 111 Å². The molecule has 0 aliphatic rings. The van der Waals surface area contributed by atoms with Gasteiger partial charge in [-0.2, -0.15) is 5.10 Å². The molecule has 0 spiro atoms. The van der Waals surface area contributed by atoms with E-state index >= 15 is 0 Å². The van der Waals surface area contributed by atoms with Crippen LogP contribution >= 0.6 is 12.2 Å². The molecule has 2 rings (SSSR count). The summed E-state index contributed by atoms with van der Waals surface area (Å²) in [4.78, 5) is 2.04. The zero-order valence-electron chi connectivity index (χ0n) is 10.6. The van der Waals surface area contributed by atoms with Gasteiger partial charge in [-0.05, 0) is 36.8 Å². The van der Waals surface area contributed by atoms with Crippen LogP contribution < -0.4 is 4.90 Å². The number of nitrogens with one attached hydrogen (secondary N) is 1. The highest BCUT2D eigenvalue weighted by Crippen LogP contribution is 2.22. The summed E-state index contributed by atoms with van der Waals surface area (Å²) in [5.74, 6) is 0.508. The molecule has 0 saturated carbocycles. The molecule has 0 amide bonds. The summed E-state index contributed by atoms with van der Waals surface area (Å²) in [5.41, 5.74) is 3.19. The molecule has 0 aliphatic heterocycles. The Kier molecular flexibility index (Phi) is 3.49. The molecule has 0 atom stereocenters. The molecule has 2 aromatic rings. The van der Waals surface area contributed by atoms with Crippen LogP contribution in [0.5, 0.6) is 0 Å². The number of hydrogen-bond donors (Lipinski definition) is 2. The van der Waals surface area contributed by atoms with Crippen LogP contribution in [0.3, 0.4) is 0 Å². The van der Waals surface area contributed by atoms with Gasteiger partial charge in [-0.25, -0.2) is 0 Å². The summed E-state index contributed by atoms with van der Waals surface area (Å²) in [5, 5.41) is 15.9. The number of aliphatic hydroxyl groups excluding tert-OH is 1. The monoisotopic (exact) mass is 264 g/mol.